The molecule has 3 N–H and O–H groups in total. The van der Waals surface area contributed by atoms with Crippen LogP contribution >= 0.6 is 11.3 Å². The number of aromatic nitrogens is 2. The summed E-state index contributed by atoms with van der Waals surface area (Å²) >= 11 is 1.63. The third-order valence-electron chi connectivity index (χ3n) is 2.79. The first-order valence-electron chi connectivity index (χ1n) is 6.00. The minimum Gasteiger partial charge on any atom is -0.365 e. The summed E-state index contributed by atoms with van der Waals surface area (Å²) < 4.78 is 0. The van der Waals surface area contributed by atoms with Gasteiger partial charge in [0, 0.05) is 12.6 Å². The molecule has 0 aliphatic carbocycles. The van der Waals surface area contributed by atoms with E-state index < -0.39 is 0 Å². The van der Waals surface area contributed by atoms with Crippen LogP contribution in [0.25, 0.3) is 10.2 Å². The van der Waals surface area contributed by atoms with E-state index in [1.54, 1.807) is 17.7 Å². The molecule has 0 radical (unpaired) electrons. The van der Waals surface area contributed by atoms with Crippen molar-refractivity contribution in [3.05, 3.63) is 17.8 Å². The van der Waals surface area contributed by atoms with Gasteiger partial charge in [-0.05, 0) is 17.9 Å². The van der Waals surface area contributed by atoms with Gasteiger partial charge in [-0.1, -0.05) is 19.8 Å². The number of nitrogens with zero attached hydrogens (tertiary/aromatic N) is 2. The molecule has 0 fully saturated rings. The highest BCUT2D eigenvalue weighted by Crippen LogP contribution is 2.24. The smallest absolute Gasteiger partial charge is 0.138 e. The van der Waals surface area contributed by atoms with E-state index in [-0.39, 0.29) is 0 Å². The van der Waals surface area contributed by atoms with Gasteiger partial charge in [0.1, 0.15) is 17.0 Å². The molecule has 0 saturated carbocycles. The fourth-order valence-electron chi connectivity index (χ4n) is 1.80. The van der Waals surface area contributed by atoms with Crippen LogP contribution in [0.4, 0.5) is 5.82 Å². The number of hydrogen-bond donors (Lipinski definition) is 2. The first kappa shape index (κ1) is 12.3. The van der Waals surface area contributed by atoms with Crippen LogP contribution in [0, 0.1) is 0 Å². The van der Waals surface area contributed by atoms with E-state index in [4.69, 9.17) is 5.73 Å². The van der Waals surface area contributed by atoms with E-state index in [2.05, 4.69) is 28.3 Å². The Morgan fingerprint density at radius 1 is 1.47 bits per heavy atom. The van der Waals surface area contributed by atoms with Crippen LogP contribution in [-0.4, -0.2) is 22.6 Å². The number of nitrogens with one attached hydrogen (secondary N) is 1. The number of nitrogens with two attached hydrogens (primary N) is 1. The highest BCUT2D eigenvalue weighted by atomic mass is 32.1. The largest absolute Gasteiger partial charge is 0.365 e. The zero-order valence-corrected chi connectivity index (χ0v) is 10.8. The molecule has 0 aliphatic rings. The van der Waals surface area contributed by atoms with Crippen LogP contribution in [0.2, 0.25) is 0 Å². The van der Waals surface area contributed by atoms with Crippen molar-refractivity contribution in [1.29, 1.82) is 0 Å². The number of unbranched alkanes of at least 4 members (excludes halogenated alkanes) is 1. The van der Waals surface area contributed by atoms with Crippen molar-refractivity contribution in [3.63, 3.8) is 0 Å². The molecule has 2 heterocycles. The van der Waals surface area contributed by atoms with Crippen LogP contribution in [0.15, 0.2) is 17.8 Å². The minimum atomic E-state index is 0.299. The van der Waals surface area contributed by atoms with Crippen molar-refractivity contribution in [3.8, 4) is 0 Å². The molecule has 5 heteroatoms. The molecule has 0 amide bonds. The number of anilines is 1. The summed E-state index contributed by atoms with van der Waals surface area (Å²) in [6, 6.07) is 2.35. The maximum Gasteiger partial charge on any atom is 0.138 e. The summed E-state index contributed by atoms with van der Waals surface area (Å²) in [5.74, 6) is 0.905. The Bertz CT molecular complexity index is 468. The maximum absolute atomic E-state index is 5.78. The average Bonchev–Trinajstić information content (AvgIpc) is 2.83. The Morgan fingerprint density at radius 2 is 2.35 bits per heavy atom. The first-order chi connectivity index (χ1) is 8.35. The van der Waals surface area contributed by atoms with E-state index in [0.717, 1.165) is 22.5 Å². The molecule has 0 aromatic carbocycles. The maximum atomic E-state index is 5.78. The third-order valence-corrected chi connectivity index (χ3v) is 3.61. The Labute approximate surface area is 105 Å². The molecule has 1 atom stereocenters. The molecule has 0 spiro atoms. The van der Waals surface area contributed by atoms with E-state index in [9.17, 15) is 0 Å². The number of hydrogen-bond acceptors (Lipinski definition) is 5. The normalized spacial score (nSPS) is 12.8. The standard InChI is InChI=1S/C12H18N4S/c1-2-3-4-9(7-13)16-11-10-5-6-17-12(10)15-8-14-11/h5-6,8-9H,2-4,7,13H2,1H3,(H,14,15,16). The minimum absolute atomic E-state index is 0.299. The fourth-order valence-corrected chi connectivity index (χ4v) is 2.53. The molecular formula is C12H18N4S. The van der Waals surface area contributed by atoms with Crippen molar-refractivity contribution < 1.29 is 0 Å². The van der Waals surface area contributed by atoms with Crippen LogP contribution in [0.5, 0.6) is 0 Å². The van der Waals surface area contributed by atoms with Gasteiger partial charge in [-0.25, -0.2) is 9.97 Å². The van der Waals surface area contributed by atoms with Gasteiger partial charge in [0.15, 0.2) is 0 Å². The Kier molecular flexibility index (Phi) is 4.28. The molecule has 0 bridgehead atoms. The van der Waals surface area contributed by atoms with Gasteiger partial charge in [-0.2, -0.15) is 0 Å². The van der Waals surface area contributed by atoms with Gasteiger partial charge in [0.2, 0.25) is 0 Å². The molecular weight excluding hydrogens is 232 g/mol. The quantitative estimate of drug-likeness (QED) is 0.827. The van der Waals surface area contributed by atoms with Gasteiger partial charge < -0.3 is 11.1 Å². The lowest BCUT2D eigenvalue weighted by Gasteiger charge is -2.17. The molecule has 2 aromatic rings. The second-order valence-corrected chi connectivity index (χ2v) is 4.98. The van der Waals surface area contributed by atoms with Gasteiger partial charge >= 0.3 is 0 Å². The summed E-state index contributed by atoms with van der Waals surface area (Å²) in [5, 5.41) is 6.55. The number of fused-ring (bicyclic) bond motifs is 1. The van der Waals surface area contributed by atoms with Crippen molar-refractivity contribution in [2.45, 2.75) is 32.2 Å². The van der Waals surface area contributed by atoms with E-state index in [1.807, 2.05) is 5.38 Å². The highest BCUT2D eigenvalue weighted by Gasteiger charge is 2.10. The monoisotopic (exact) mass is 250 g/mol. The van der Waals surface area contributed by atoms with Gasteiger partial charge in [0.05, 0.1) is 5.39 Å². The molecule has 0 saturated heterocycles. The van der Waals surface area contributed by atoms with Crippen molar-refractivity contribution in [2.24, 2.45) is 5.73 Å². The molecule has 4 nitrogen and oxygen atoms in total. The summed E-state index contributed by atoms with van der Waals surface area (Å²) in [6.45, 7) is 2.82. The molecule has 92 valence electrons. The van der Waals surface area contributed by atoms with Crippen LogP contribution in [0.1, 0.15) is 26.2 Å². The number of rotatable bonds is 6. The summed E-state index contributed by atoms with van der Waals surface area (Å²) in [4.78, 5) is 9.56. The molecule has 0 aliphatic heterocycles. The van der Waals surface area contributed by atoms with E-state index >= 15 is 0 Å². The molecule has 2 rings (SSSR count). The number of thiophene rings is 1. The molecule has 17 heavy (non-hydrogen) atoms. The van der Waals surface area contributed by atoms with Crippen LogP contribution in [0.3, 0.4) is 0 Å². The van der Waals surface area contributed by atoms with Crippen molar-refractivity contribution in [1.82, 2.24) is 9.97 Å². The first-order valence-corrected chi connectivity index (χ1v) is 6.88. The van der Waals surface area contributed by atoms with E-state index in [0.29, 0.717) is 12.6 Å². The zero-order chi connectivity index (χ0) is 12.1. The van der Waals surface area contributed by atoms with Crippen LogP contribution in [-0.2, 0) is 0 Å². The average molecular weight is 250 g/mol. The Balaban J connectivity index is 2.13. The molecule has 1 unspecified atom stereocenters. The summed E-state index contributed by atoms with van der Waals surface area (Å²) in [6.07, 6.45) is 5.07. The van der Waals surface area contributed by atoms with Gasteiger partial charge in [-0.3, -0.25) is 0 Å². The Hall–Kier alpha value is -1.20. The van der Waals surface area contributed by atoms with Gasteiger partial charge in [0.25, 0.3) is 0 Å². The van der Waals surface area contributed by atoms with E-state index in [1.165, 1.54) is 12.8 Å². The predicted molar refractivity (Wildman–Crippen MR) is 73.4 cm³/mol. The topological polar surface area (TPSA) is 63.8 Å². The highest BCUT2D eigenvalue weighted by molar-refractivity contribution is 7.16. The lowest BCUT2D eigenvalue weighted by molar-refractivity contribution is 0.613. The predicted octanol–water partition coefficient (Wildman–Crippen LogP) is 2.62. The second kappa shape index (κ2) is 5.93. The SMILES string of the molecule is CCCCC(CN)Nc1ncnc2sccc12. The zero-order valence-electron chi connectivity index (χ0n) is 10.0. The lowest BCUT2D eigenvalue weighted by atomic mass is 10.1. The summed E-state index contributed by atoms with van der Waals surface area (Å²) in [7, 11) is 0. The molecule has 2 aromatic heterocycles. The Morgan fingerprint density at radius 3 is 3.12 bits per heavy atom. The van der Waals surface area contributed by atoms with Crippen molar-refractivity contribution >= 4 is 27.4 Å². The van der Waals surface area contributed by atoms with Crippen LogP contribution < -0.4 is 11.1 Å². The third kappa shape index (κ3) is 2.92. The van der Waals surface area contributed by atoms with Crippen molar-refractivity contribution in [2.75, 3.05) is 11.9 Å². The summed E-state index contributed by atoms with van der Waals surface area (Å²) in [5.41, 5.74) is 5.78. The van der Waals surface area contributed by atoms with Gasteiger partial charge in [-0.15, -0.1) is 11.3 Å². The lowest BCUT2D eigenvalue weighted by Crippen LogP contribution is -2.29. The fraction of sp³-hybridized carbons (Fsp3) is 0.500. The second-order valence-electron chi connectivity index (χ2n) is 4.08.